The van der Waals surface area contributed by atoms with Gasteiger partial charge in [-0.25, -0.2) is 0 Å². The summed E-state index contributed by atoms with van der Waals surface area (Å²) >= 11 is 0. The van der Waals surface area contributed by atoms with Crippen LogP contribution in [0.15, 0.2) is 0 Å². The molecule has 1 aromatic rings. The van der Waals surface area contributed by atoms with Crippen LogP contribution in [0.2, 0.25) is 0 Å². The van der Waals surface area contributed by atoms with Crippen LogP contribution in [0.25, 0.3) is 0 Å². The van der Waals surface area contributed by atoms with E-state index in [2.05, 4.69) is 15.0 Å². The molecule has 0 radical (unpaired) electrons. The number of anilines is 3. The number of nitrogen functional groups attached to an aromatic ring is 3. The molecular weight excluding hydrogens is 189 g/mol. The molecule has 54 valence electrons. The molecule has 0 saturated heterocycles. The van der Waals surface area contributed by atoms with Gasteiger partial charge < -0.3 is 21.5 Å². The Balaban J connectivity index is -0.0000000337. The van der Waals surface area contributed by atoms with Crippen molar-refractivity contribution < 1.29 is 93.0 Å². The summed E-state index contributed by atoms with van der Waals surface area (Å²) in [6, 6.07) is 0. The van der Waals surface area contributed by atoms with Crippen molar-refractivity contribution in [1.82, 2.24) is 15.0 Å². The van der Waals surface area contributed by atoms with Crippen LogP contribution in [0.3, 0.4) is 0 Å². The predicted molar refractivity (Wildman–Crippen MR) is 36.4 cm³/mol. The fourth-order valence-electron chi connectivity index (χ4n) is 0.427. The zero-order valence-corrected chi connectivity index (χ0v) is 13.6. The molecule has 0 aliphatic heterocycles. The van der Waals surface area contributed by atoms with Crippen molar-refractivity contribution in [2.45, 2.75) is 0 Å². The van der Waals surface area contributed by atoms with Gasteiger partial charge in [0.15, 0.2) is 0 Å². The van der Waals surface area contributed by atoms with Crippen LogP contribution in [0.1, 0.15) is 4.28 Å². The molecule has 1 rings (SSSR count). The molecule has 0 aliphatic rings. The van der Waals surface area contributed by atoms with E-state index >= 15 is 0 Å². The number of hydrogen-bond donors (Lipinski definition) is 3. The van der Waals surface area contributed by atoms with E-state index in [0.29, 0.717) is 0 Å². The van der Waals surface area contributed by atoms with E-state index in [1.807, 2.05) is 0 Å². The van der Waals surface area contributed by atoms with Crippen molar-refractivity contribution in [3.05, 3.63) is 0 Å². The number of nitrogens with zero attached hydrogens (tertiary/aromatic N) is 3. The van der Waals surface area contributed by atoms with E-state index < -0.39 is 0 Å². The minimum Gasteiger partial charge on any atom is -1.00 e. The largest absolute Gasteiger partial charge is 1.00 e. The van der Waals surface area contributed by atoms with E-state index in [-0.39, 0.29) is 111 Å². The summed E-state index contributed by atoms with van der Waals surface area (Å²) in [7, 11) is 0. The van der Waals surface area contributed by atoms with Crippen LogP contribution in [-0.2, 0) is 0 Å². The topological polar surface area (TPSA) is 117 Å². The number of nitrogens with two attached hydrogens (primary N) is 3. The summed E-state index contributed by atoms with van der Waals surface area (Å²) in [5.41, 5.74) is 15.4. The van der Waals surface area contributed by atoms with Gasteiger partial charge in [0.05, 0.1) is 0 Å². The number of rotatable bonds is 0. The Hall–Kier alpha value is 1.41. The minimum absolute atomic E-state index is 0. The van der Waals surface area contributed by atoms with Crippen LogP contribution in [0.4, 0.5) is 17.8 Å². The first kappa shape index (κ1) is 19.1. The smallest absolute Gasteiger partial charge is 1.00 e. The summed E-state index contributed by atoms with van der Waals surface area (Å²) in [5.74, 6) is 0.125. The van der Waals surface area contributed by atoms with E-state index in [1.54, 1.807) is 0 Å². The van der Waals surface area contributed by atoms with Gasteiger partial charge in [0.1, 0.15) is 0 Å². The molecule has 0 bridgehead atoms. The molecule has 0 atom stereocenters. The first-order valence-electron chi connectivity index (χ1n) is 2.21. The maximum atomic E-state index is 5.14. The molecule has 1 heterocycles. The molecule has 6 nitrogen and oxygen atoms in total. The molecule has 6 N–H and O–H groups in total. The van der Waals surface area contributed by atoms with Gasteiger partial charge in [-0.2, -0.15) is 15.0 Å². The Kier molecular flexibility index (Phi) is 14.3. The van der Waals surface area contributed by atoms with Crippen LogP contribution in [-0.4, -0.2) is 15.0 Å². The van der Waals surface area contributed by atoms with Gasteiger partial charge in [-0.3, -0.25) is 0 Å². The van der Waals surface area contributed by atoms with Gasteiger partial charge in [0, 0.05) is 0 Å². The van der Waals surface area contributed by atoms with E-state index in [4.69, 9.17) is 17.2 Å². The summed E-state index contributed by atoms with van der Waals surface area (Å²) in [6.45, 7) is 0. The van der Waals surface area contributed by atoms with Crippen LogP contribution >= 0.6 is 0 Å². The maximum absolute atomic E-state index is 5.14. The van der Waals surface area contributed by atoms with Gasteiger partial charge in [0.2, 0.25) is 17.8 Å². The first-order chi connectivity index (χ1) is 4.18. The Bertz CT molecular complexity index is 190. The quantitative estimate of drug-likeness (QED) is 0.356. The molecule has 9 heteroatoms. The normalized spacial score (nSPS) is 7.00. The molecule has 0 aliphatic carbocycles. The van der Waals surface area contributed by atoms with Crippen LogP contribution < -0.4 is 106 Å². The monoisotopic (exact) mass is 198 g/mol. The van der Waals surface area contributed by atoms with E-state index in [9.17, 15) is 0 Å². The fraction of sp³-hybridized carbons (Fsp3) is 0. The molecule has 12 heavy (non-hydrogen) atoms. The van der Waals surface area contributed by atoms with Gasteiger partial charge in [-0.15, -0.1) is 0 Å². The average Bonchev–Trinajstić information content (AvgIpc) is 1.59. The van der Waals surface area contributed by atoms with Gasteiger partial charge in [-0.05, 0) is 0 Å². The molecule has 0 amide bonds. The Morgan fingerprint density at radius 3 is 1.00 bits per heavy atom. The molecule has 0 aromatic carbocycles. The molecular formula is C3H9N6Na3. The molecule has 1 aromatic heterocycles. The Morgan fingerprint density at radius 1 is 0.667 bits per heavy atom. The van der Waals surface area contributed by atoms with Crippen molar-refractivity contribution in [2.24, 2.45) is 0 Å². The summed E-state index contributed by atoms with van der Waals surface area (Å²) in [5, 5.41) is 0. The third-order valence-electron chi connectivity index (χ3n) is 0.687. The van der Waals surface area contributed by atoms with E-state index in [0.717, 1.165) is 0 Å². The summed E-state index contributed by atoms with van der Waals surface area (Å²) < 4.78 is 0. The third kappa shape index (κ3) is 6.88. The van der Waals surface area contributed by atoms with Gasteiger partial charge in [-0.1, -0.05) is 0 Å². The predicted octanol–water partition coefficient (Wildman–Crippen LogP) is -10.0. The van der Waals surface area contributed by atoms with Crippen molar-refractivity contribution in [2.75, 3.05) is 17.2 Å². The van der Waals surface area contributed by atoms with Crippen molar-refractivity contribution in [1.29, 1.82) is 0 Å². The minimum atomic E-state index is 0. The van der Waals surface area contributed by atoms with E-state index in [1.165, 1.54) is 0 Å². The summed E-state index contributed by atoms with van der Waals surface area (Å²) in [4.78, 5) is 10.5. The second-order valence-corrected chi connectivity index (χ2v) is 1.41. The zero-order chi connectivity index (χ0) is 6.85. The van der Waals surface area contributed by atoms with Crippen molar-refractivity contribution >= 4 is 17.8 Å². The molecule has 0 saturated carbocycles. The summed E-state index contributed by atoms with van der Waals surface area (Å²) in [6.07, 6.45) is 0. The third-order valence-corrected chi connectivity index (χ3v) is 0.687. The van der Waals surface area contributed by atoms with Crippen molar-refractivity contribution in [3.63, 3.8) is 0 Å². The maximum Gasteiger partial charge on any atom is 1.00 e. The Morgan fingerprint density at radius 2 is 0.833 bits per heavy atom. The molecule has 0 spiro atoms. The first-order valence-corrected chi connectivity index (χ1v) is 2.21. The number of hydrogen-bond acceptors (Lipinski definition) is 6. The fourth-order valence-corrected chi connectivity index (χ4v) is 0.427. The standard InChI is InChI=1S/C3H6N6.3Na.3H/c4-1-7-2(5)9-3(6)8-1;;;;;;/h(H6,4,5,6,7,8,9);;;;;;/q;3*+1;3*-1. The SMILES string of the molecule is Nc1nc(N)nc(N)n1.[H-].[H-].[H-].[Na+].[Na+].[Na+]. The second-order valence-electron chi connectivity index (χ2n) is 1.41. The zero-order valence-electron chi connectivity index (χ0n) is 10.6. The average molecular weight is 198 g/mol. The van der Waals surface area contributed by atoms with Gasteiger partial charge in [0.25, 0.3) is 0 Å². The second kappa shape index (κ2) is 8.98. The number of aromatic nitrogens is 3. The molecule has 0 unspecified atom stereocenters. The Labute approximate surface area is 141 Å². The van der Waals surface area contributed by atoms with Crippen LogP contribution in [0, 0.1) is 0 Å². The van der Waals surface area contributed by atoms with Crippen molar-refractivity contribution in [3.8, 4) is 0 Å². The molecule has 0 fully saturated rings. The van der Waals surface area contributed by atoms with Gasteiger partial charge >= 0.3 is 88.7 Å². The van der Waals surface area contributed by atoms with Crippen LogP contribution in [0.5, 0.6) is 0 Å².